The third kappa shape index (κ3) is 1.81. The fraction of sp³-hybridized carbons (Fsp3) is 0. The number of carboxylic acids is 2. The fourth-order valence-electron chi connectivity index (χ4n) is 0.262. The van der Waals surface area contributed by atoms with Gasteiger partial charge in [-0.25, -0.2) is 9.59 Å². The molecule has 0 aliphatic rings. The van der Waals surface area contributed by atoms with Gasteiger partial charge in [0.05, 0.1) is 0 Å². The Labute approximate surface area is 57.0 Å². The zero-order valence-electron chi connectivity index (χ0n) is 5.16. The summed E-state index contributed by atoms with van der Waals surface area (Å²) in [4.78, 5) is 19.8. The monoisotopic (exact) mass is 144 g/mol. The van der Waals surface area contributed by atoms with Crippen LogP contribution in [0, 0.1) is 0 Å². The van der Waals surface area contributed by atoms with Crippen LogP contribution in [0.2, 0.25) is 0 Å². The first-order valence-electron chi connectivity index (χ1n) is 2.33. The quantitative estimate of drug-likeness (QED) is 0.250. The molecule has 0 aromatic carbocycles. The van der Waals surface area contributed by atoms with Gasteiger partial charge in [-0.2, -0.15) is 0 Å². The first-order chi connectivity index (χ1) is 4.46. The van der Waals surface area contributed by atoms with Gasteiger partial charge in [-0.05, 0) is 0 Å². The lowest BCUT2D eigenvalue weighted by Gasteiger charge is -1.94. The number of aliphatic hydroxyl groups excluding tert-OH is 1. The van der Waals surface area contributed by atoms with Crippen LogP contribution in [0.3, 0.4) is 0 Å². The number of hydrogen-bond donors (Lipinski definition) is 3. The van der Waals surface area contributed by atoms with Crippen LogP contribution in [-0.4, -0.2) is 35.1 Å². The van der Waals surface area contributed by atoms with Crippen molar-refractivity contribution in [2.24, 2.45) is 0 Å². The van der Waals surface area contributed by atoms with Crippen molar-refractivity contribution in [3.05, 3.63) is 11.2 Å². The summed E-state index contributed by atoms with van der Waals surface area (Å²) < 4.78 is 0. The summed E-state index contributed by atoms with van der Waals surface area (Å²) in [5, 5.41) is 24.6. The maximum absolute atomic E-state index is 9.96. The van der Waals surface area contributed by atoms with Crippen molar-refractivity contribution in [3.8, 4) is 0 Å². The predicted molar refractivity (Wildman–Crippen MR) is 33.5 cm³/mol. The van der Waals surface area contributed by atoms with E-state index in [0.29, 0.717) is 0 Å². The molecule has 0 atom stereocenters. The SMILES string of the molecule is B/C(C(=O)O)=C(/O)C(=O)O. The molecular weight excluding hydrogens is 139 g/mol. The van der Waals surface area contributed by atoms with E-state index in [1.54, 1.807) is 0 Å². The van der Waals surface area contributed by atoms with Crippen LogP contribution in [0.4, 0.5) is 0 Å². The van der Waals surface area contributed by atoms with Crippen molar-refractivity contribution < 1.29 is 24.9 Å². The number of hydrogen-bond acceptors (Lipinski definition) is 3. The van der Waals surface area contributed by atoms with Gasteiger partial charge in [0.2, 0.25) is 5.76 Å². The molecule has 0 aromatic heterocycles. The van der Waals surface area contributed by atoms with Gasteiger partial charge in [0.25, 0.3) is 0 Å². The average Bonchev–Trinajstić information content (AvgIpc) is 1.84. The lowest BCUT2D eigenvalue weighted by Crippen LogP contribution is -2.10. The van der Waals surface area contributed by atoms with Crippen LogP contribution in [0.1, 0.15) is 0 Å². The van der Waals surface area contributed by atoms with E-state index in [1.807, 2.05) is 0 Å². The Balaban J connectivity index is 4.67. The molecule has 0 bridgehead atoms. The average molecular weight is 144 g/mol. The highest BCUT2D eigenvalue weighted by Crippen LogP contribution is 1.95. The van der Waals surface area contributed by atoms with E-state index in [1.165, 1.54) is 0 Å². The molecule has 0 aliphatic carbocycles. The molecule has 6 heteroatoms. The minimum atomic E-state index is -1.64. The summed E-state index contributed by atoms with van der Waals surface area (Å²) in [5.41, 5.74) is -0.576. The number of aliphatic carboxylic acids is 2. The van der Waals surface area contributed by atoms with Crippen LogP contribution >= 0.6 is 0 Å². The summed E-state index contributed by atoms with van der Waals surface area (Å²) in [6.45, 7) is 0. The summed E-state index contributed by atoms with van der Waals surface area (Å²) in [7, 11) is 1.01. The highest BCUT2D eigenvalue weighted by molar-refractivity contribution is 6.36. The number of carbonyl (C=O) groups is 2. The Bertz CT molecular complexity index is 184. The second-order valence-electron chi connectivity index (χ2n) is 1.58. The third-order valence-electron chi connectivity index (χ3n) is 0.879. The van der Waals surface area contributed by atoms with Crippen molar-refractivity contribution in [1.29, 1.82) is 0 Å². The molecule has 54 valence electrons. The van der Waals surface area contributed by atoms with Crippen molar-refractivity contribution in [3.63, 3.8) is 0 Å². The number of aliphatic hydroxyl groups is 1. The molecule has 0 amide bonds. The maximum atomic E-state index is 9.96. The van der Waals surface area contributed by atoms with E-state index in [-0.39, 0.29) is 0 Å². The van der Waals surface area contributed by atoms with Gasteiger partial charge < -0.3 is 15.3 Å². The largest absolute Gasteiger partial charge is 0.502 e. The second-order valence-corrected chi connectivity index (χ2v) is 1.58. The minimum Gasteiger partial charge on any atom is -0.502 e. The van der Waals surface area contributed by atoms with Gasteiger partial charge in [0, 0.05) is 5.47 Å². The van der Waals surface area contributed by atoms with Gasteiger partial charge in [-0.3, -0.25) is 0 Å². The zero-order valence-corrected chi connectivity index (χ0v) is 5.16. The number of carboxylic acid groups (broad SMARTS) is 2. The molecule has 0 saturated carbocycles. The molecule has 0 saturated heterocycles. The fourth-order valence-corrected chi connectivity index (χ4v) is 0.262. The molecule has 0 rings (SSSR count). The highest BCUT2D eigenvalue weighted by Gasteiger charge is 2.13. The Morgan fingerprint density at radius 2 is 1.40 bits per heavy atom. The van der Waals surface area contributed by atoms with Crippen molar-refractivity contribution in [2.45, 2.75) is 0 Å². The molecule has 5 nitrogen and oxygen atoms in total. The van der Waals surface area contributed by atoms with E-state index in [2.05, 4.69) is 0 Å². The molecule has 0 spiro atoms. The van der Waals surface area contributed by atoms with Gasteiger partial charge in [-0.1, -0.05) is 0 Å². The Morgan fingerprint density at radius 3 is 1.50 bits per heavy atom. The molecule has 0 aromatic rings. The van der Waals surface area contributed by atoms with E-state index < -0.39 is 23.2 Å². The molecule has 3 N–H and O–H groups in total. The molecule has 0 radical (unpaired) electrons. The van der Waals surface area contributed by atoms with Crippen LogP contribution in [-0.2, 0) is 9.59 Å². The van der Waals surface area contributed by atoms with Crippen molar-refractivity contribution >= 4 is 19.8 Å². The topological polar surface area (TPSA) is 94.8 Å². The molecule has 0 unspecified atom stereocenters. The Kier molecular flexibility index (Phi) is 2.48. The first kappa shape index (κ1) is 8.54. The molecular formula is C4H5BO5. The summed E-state index contributed by atoms with van der Waals surface area (Å²) in [5.74, 6) is -4.22. The van der Waals surface area contributed by atoms with E-state index in [0.717, 1.165) is 7.85 Å². The van der Waals surface area contributed by atoms with Gasteiger partial charge in [0.15, 0.2) is 7.85 Å². The van der Waals surface area contributed by atoms with Gasteiger partial charge in [0.1, 0.15) is 0 Å². The molecule has 0 aliphatic heterocycles. The highest BCUT2D eigenvalue weighted by atomic mass is 16.4. The number of rotatable bonds is 2. The van der Waals surface area contributed by atoms with Crippen LogP contribution < -0.4 is 0 Å². The lowest BCUT2D eigenvalue weighted by molar-refractivity contribution is -0.137. The predicted octanol–water partition coefficient (Wildman–Crippen LogP) is -1.44. The molecule has 0 fully saturated rings. The first-order valence-corrected chi connectivity index (χ1v) is 2.33. The molecule has 10 heavy (non-hydrogen) atoms. The van der Waals surface area contributed by atoms with E-state index in [9.17, 15) is 9.59 Å². The second kappa shape index (κ2) is 2.91. The minimum absolute atomic E-state index is 0.576. The summed E-state index contributed by atoms with van der Waals surface area (Å²) >= 11 is 0. The van der Waals surface area contributed by atoms with Gasteiger partial charge >= 0.3 is 11.9 Å². The van der Waals surface area contributed by atoms with Gasteiger partial charge in [-0.15, -0.1) is 0 Å². The lowest BCUT2D eigenvalue weighted by atomic mass is 9.94. The maximum Gasteiger partial charge on any atom is 0.370 e. The summed E-state index contributed by atoms with van der Waals surface area (Å²) in [6.07, 6.45) is 0. The Hall–Kier alpha value is -1.46. The van der Waals surface area contributed by atoms with Crippen molar-refractivity contribution in [2.75, 3.05) is 0 Å². The summed E-state index contributed by atoms with van der Waals surface area (Å²) in [6, 6.07) is 0. The third-order valence-corrected chi connectivity index (χ3v) is 0.879. The van der Waals surface area contributed by atoms with Crippen LogP contribution in [0.25, 0.3) is 0 Å². The standard InChI is InChI=1S/C4H5BO5/c5-1(3(7)8)2(6)4(9)10/h6H,5H2,(H,7,8)(H,9,10)/b2-1+. The smallest absolute Gasteiger partial charge is 0.370 e. The Morgan fingerprint density at radius 1 is 1.00 bits per heavy atom. The molecule has 0 heterocycles. The normalized spacial score (nSPS) is 12.0. The van der Waals surface area contributed by atoms with Crippen LogP contribution in [0.5, 0.6) is 0 Å². The van der Waals surface area contributed by atoms with E-state index in [4.69, 9.17) is 15.3 Å². The van der Waals surface area contributed by atoms with Crippen molar-refractivity contribution in [1.82, 2.24) is 0 Å². The van der Waals surface area contributed by atoms with E-state index >= 15 is 0 Å². The van der Waals surface area contributed by atoms with Crippen LogP contribution in [0.15, 0.2) is 11.2 Å². The zero-order chi connectivity index (χ0) is 8.31.